The van der Waals surface area contributed by atoms with Crippen molar-refractivity contribution in [1.82, 2.24) is 9.13 Å². The van der Waals surface area contributed by atoms with Crippen LogP contribution in [0.1, 0.15) is 38.9 Å². The topological polar surface area (TPSA) is 40.1 Å². The Balaban J connectivity index is 1.16. The van der Waals surface area contributed by atoms with Crippen LogP contribution in [-0.4, -0.2) is 9.13 Å². The van der Waals surface area contributed by atoms with Crippen molar-refractivity contribution in [3.63, 3.8) is 0 Å². The van der Waals surface area contributed by atoms with Crippen LogP contribution in [0.4, 0.5) is 60.5 Å². The summed E-state index contributed by atoms with van der Waals surface area (Å²) in [6.45, 7) is 0. The predicted octanol–water partition coefficient (Wildman–Crippen LogP) is 18.6. The summed E-state index contributed by atoms with van der Waals surface area (Å²) in [5.41, 5.74) is 10.1. The Bertz CT molecular complexity index is 4110. The lowest BCUT2D eigenvalue weighted by atomic mass is 9.96. The molecule has 78 heavy (non-hydrogen) atoms. The van der Waals surface area contributed by atoms with Crippen LogP contribution in [-0.2, 0) is 38.0 Å². The van der Waals surface area contributed by atoms with Crippen molar-refractivity contribution in [3.05, 3.63) is 251 Å². The quantitative estimate of drug-likeness (QED) is 0.161. The summed E-state index contributed by atoms with van der Waals surface area (Å²) >= 11 is 0. The first kappa shape index (κ1) is 47.0. The molecule has 0 atom stereocenters. The van der Waals surface area contributed by atoms with Gasteiger partial charge in [-0.05, 0) is 138 Å². The van der Waals surface area contributed by atoms with Crippen molar-refractivity contribution in [2.45, 2.75) is 38.0 Å². The molecule has 14 rings (SSSR count). The molecule has 2 aliphatic rings. The molecule has 0 radical (unpaired) electrons. The number of para-hydroxylation sites is 8. The minimum Gasteiger partial charge on any atom is -0.308 e. The maximum Gasteiger partial charge on any atom is 0.416 e. The third-order valence-corrected chi connectivity index (χ3v) is 15.7. The van der Waals surface area contributed by atoms with Crippen LogP contribution in [0.3, 0.4) is 0 Å². The molecular formula is C67H43F6N5. The molecule has 10 aromatic carbocycles. The lowest BCUT2D eigenvalue weighted by Gasteiger charge is -2.29. The highest BCUT2D eigenvalue weighted by Crippen LogP contribution is 2.51. The van der Waals surface area contributed by atoms with Gasteiger partial charge in [-0.15, -0.1) is 0 Å². The molecule has 0 spiro atoms. The Morgan fingerprint density at radius 2 is 0.654 bits per heavy atom. The second kappa shape index (κ2) is 17.8. The largest absolute Gasteiger partial charge is 0.416 e. The number of halogens is 6. The Labute approximate surface area is 444 Å². The summed E-state index contributed by atoms with van der Waals surface area (Å²) in [4.78, 5) is 4.48. The number of benzene rings is 10. The summed E-state index contributed by atoms with van der Waals surface area (Å²) in [6.07, 6.45) is -7.15. The van der Waals surface area contributed by atoms with Gasteiger partial charge in [0.25, 0.3) is 0 Å². The number of aromatic nitrogens is 2. The third kappa shape index (κ3) is 7.38. The van der Waals surface area contributed by atoms with E-state index in [0.717, 1.165) is 116 Å². The van der Waals surface area contributed by atoms with Gasteiger partial charge in [0.2, 0.25) is 0 Å². The average molecular weight is 1030 g/mol. The van der Waals surface area contributed by atoms with E-state index in [2.05, 4.69) is 64.4 Å². The van der Waals surface area contributed by atoms with Crippen LogP contribution < -0.4 is 9.80 Å². The number of nitrogens with zero attached hydrogens (tertiary/aromatic N) is 5. The van der Waals surface area contributed by atoms with Gasteiger partial charge >= 0.3 is 12.4 Å². The number of hydrogen-bond acceptors (Lipinski definition) is 3. The van der Waals surface area contributed by atoms with Gasteiger partial charge < -0.3 is 18.9 Å². The van der Waals surface area contributed by atoms with E-state index in [4.69, 9.17) is 0 Å². The van der Waals surface area contributed by atoms with Gasteiger partial charge in [0.15, 0.2) is 0 Å². The van der Waals surface area contributed by atoms with E-state index in [1.165, 1.54) is 0 Å². The van der Waals surface area contributed by atoms with Gasteiger partial charge in [0.05, 0.1) is 55.9 Å². The second-order valence-corrected chi connectivity index (χ2v) is 20.0. The molecule has 378 valence electrons. The van der Waals surface area contributed by atoms with E-state index in [1.54, 1.807) is 12.1 Å². The number of anilines is 6. The molecule has 0 unspecified atom stereocenters. The van der Waals surface area contributed by atoms with E-state index < -0.39 is 23.5 Å². The zero-order valence-corrected chi connectivity index (χ0v) is 41.5. The number of nitriles is 1. The Morgan fingerprint density at radius 3 is 1.03 bits per heavy atom. The van der Waals surface area contributed by atoms with Gasteiger partial charge in [-0.1, -0.05) is 133 Å². The molecule has 0 fully saturated rings. The van der Waals surface area contributed by atoms with Gasteiger partial charge in [-0.25, -0.2) is 0 Å². The lowest BCUT2D eigenvalue weighted by molar-refractivity contribution is -0.143. The highest BCUT2D eigenvalue weighted by molar-refractivity contribution is 6.17. The molecule has 0 saturated heterocycles. The molecule has 11 heteroatoms. The van der Waals surface area contributed by atoms with Crippen LogP contribution in [0.2, 0.25) is 0 Å². The first-order chi connectivity index (χ1) is 37.9. The summed E-state index contributed by atoms with van der Waals surface area (Å²) in [7, 11) is 0. The van der Waals surface area contributed by atoms with Crippen molar-refractivity contribution in [3.8, 4) is 28.6 Å². The van der Waals surface area contributed by atoms with E-state index in [-0.39, 0.29) is 34.1 Å². The molecule has 0 bridgehead atoms. The highest BCUT2D eigenvalue weighted by Gasteiger charge is 2.38. The molecule has 2 aliphatic heterocycles. The van der Waals surface area contributed by atoms with Crippen LogP contribution >= 0.6 is 0 Å². The zero-order valence-electron chi connectivity index (χ0n) is 41.5. The van der Waals surface area contributed by atoms with Crippen LogP contribution in [0, 0.1) is 11.3 Å². The Kier molecular flexibility index (Phi) is 10.7. The van der Waals surface area contributed by atoms with Crippen LogP contribution in [0.25, 0.3) is 66.1 Å². The molecule has 5 nitrogen and oxygen atoms in total. The maximum absolute atomic E-state index is 15.0. The summed E-state index contributed by atoms with van der Waals surface area (Å²) in [5.74, 6) is 0. The molecule has 0 N–H and O–H groups in total. The normalized spacial score (nSPS) is 13.5. The minimum absolute atomic E-state index is 0.0401. The van der Waals surface area contributed by atoms with Gasteiger partial charge in [-0.3, -0.25) is 0 Å². The summed E-state index contributed by atoms with van der Waals surface area (Å²) < 4.78 is 93.8. The molecule has 0 aliphatic carbocycles. The number of hydrogen-bond donors (Lipinski definition) is 0. The Hall–Kier alpha value is -9.53. The zero-order chi connectivity index (χ0) is 53.0. The molecule has 0 saturated carbocycles. The van der Waals surface area contributed by atoms with Gasteiger partial charge in [-0.2, -0.15) is 31.6 Å². The SMILES string of the molecule is N#Cc1c(-n2c3ccccc3c3cccc(N4c5ccccc5CCc5ccccc54)c32)cc(-c2cc(C(F)(F)F)cc(C(F)(F)F)c2)cc1-n1c2ccccc2c2cccc(N3c4ccccc4CCc4ccccc43)c21. The third-order valence-electron chi connectivity index (χ3n) is 15.7. The molecule has 0 amide bonds. The fraction of sp³-hybridized carbons (Fsp3) is 0.0896. The Morgan fingerprint density at radius 1 is 0.333 bits per heavy atom. The first-order valence-electron chi connectivity index (χ1n) is 25.8. The van der Waals surface area contributed by atoms with Crippen LogP contribution in [0.5, 0.6) is 0 Å². The van der Waals surface area contributed by atoms with Crippen molar-refractivity contribution in [1.29, 1.82) is 5.26 Å². The molecule has 2 aromatic heterocycles. The van der Waals surface area contributed by atoms with Gasteiger partial charge in [0.1, 0.15) is 11.6 Å². The predicted molar refractivity (Wildman–Crippen MR) is 299 cm³/mol. The molecule has 12 aromatic rings. The van der Waals surface area contributed by atoms with Crippen molar-refractivity contribution >= 4 is 77.7 Å². The fourth-order valence-corrected chi connectivity index (χ4v) is 12.3. The number of fused-ring (bicyclic) bond motifs is 10. The number of aryl methyl sites for hydroxylation is 4. The van der Waals surface area contributed by atoms with Crippen LogP contribution in [0.15, 0.2) is 212 Å². The summed E-state index contributed by atoms with van der Waals surface area (Å²) in [5, 5.41) is 15.4. The lowest BCUT2D eigenvalue weighted by Crippen LogP contribution is -2.14. The molecular weight excluding hydrogens is 989 g/mol. The van der Waals surface area contributed by atoms with E-state index >= 15 is 0 Å². The van der Waals surface area contributed by atoms with Crippen molar-refractivity contribution < 1.29 is 26.3 Å². The molecule has 4 heterocycles. The van der Waals surface area contributed by atoms with E-state index in [9.17, 15) is 31.6 Å². The maximum atomic E-state index is 15.0. The van der Waals surface area contributed by atoms with Gasteiger partial charge in [0, 0.05) is 44.3 Å². The second-order valence-electron chi connectivity index (χ2n) is 20.0. The van der Waals surface area contributed by atoms with Crippen molar-refractivity contribution in [2.75, 3.05) is 9.80 Å². The minimum atomic E-state index is -5.13. The first-order valence-corrected chi connectivity index (χ1v) is 25.8. The number of alkyl halides is 6. The van der Waals surface area contributed by atoms with E-state index in [1.807, 2.05) is 143 Å². The monoisotopic (exact) mass is 1030 g/mol. The highest BCUT2D eigenvalue weighted by atomic mass is 19.4. The smallest absolute Gasteiger partial charge is 0.308 e. The van der Waals surface area contributed by atoms with E-state index in [0.29, 0.717) is 22.1 Å². The number of rotatable bonds is 5. The van der Waals surface area contributed by atoms with Crippen molar-refractivity contribution in [2.24, 2.45) is 0 Å². The average Bonchev–Trinajstić information content (AvgIpc) is 4.11. The standard InChI is InChI=1S/C67H43F6N5/c68-66(69,70)47-35-45(36-48(39-47)67(71,72)73)46-37-62(77-58-27-11-5-19-49(58)51-21-13-29-60(64(51)77)75-54-23-7-1-15-41(54)31-32-42-16-2-8-24-55(42)75)53(40-74)63(38-46)78-59-28-12-6-20-50(59)52-22-14-30-61(65(52)78)76-56-25-9-3-17-43(56)33-34-44-18-4-10-26-57(44)76/h1-30,35-39H,31-34H2. The summed E-state index contributed by atoms with van der Waals surface area (Å²) in [6, 6.07) is 68.1. The fourth-order valence-electron chi connectivity index (χ4n) is 12.3.